The van der Waals surface area contributed by atoms with E-state index in [1.165, 1.54) is 0 Å². The molecule has 2 rings (SSSR count). The van der Waals surface area contributed by atoms with E-state index >= 15 is 0 Å². The van der Waals surface area contributed by atoms with Gasteiger partial charge >= 0.3 is 0 Å². The second-order valence-corrected chi connectivity index (χ2v) is 5.27. The molecule has 0 saturated carbocycles. The summed E-state index contributed by atoms with van der Waals surface area (Å²) >= 11 is 11.9. The molecule has 0 aromatic carbocycles. The molecular formula is C11H15Cl2N3. The molecule has 3 nitrogen and oxygen atoms in total. The number of nitrogens with zero attached hydrogens (tertiary/aromatic N) is 2. The molecule has 88 valence electrons. The van der Waals surface area contributed by atoms with Crippen molar-refractivity contribution in [3.05, 3.63) is 22.3 Å². The molecule has 1 aliphatic heterocycles. The van der Waals surface area contributed by atoms with Gasteiger partial charge in [-0.2, -0.15) is 0 Å². The molecule has 0 unspecified atom stereocenters. The Morgan fingerprint density at radius 2 is 2.19 bits per heavy atom. The van der Waals surface area contributed by atoms with E-state index in [4.69, 9.17) is 28.9 Å². The van der Waals surface area contributed by atoms with Gasteiger partial charge in [-0.3, -0.25) is 0 Å². The van der Waals surface area contributed by atoms with Crippen molar-refractivity contribution in [3.63, 3.8) is 0 Å². The van der Waals surface area contributed by atoms with E-state index in [1.54, 1.807) is 12.3 Å². The monoisotopic (exact) mass is 259 g/mol. The van der Waals surface area contributed by atoms with E-state index in [-0.39, 0.29) is 5.54 Å². The van der Waals surface area contributed by atoms with Crippen LogP contribution in [0.15, 0.2) is 12.3 Å². The van der Waals surface area contributed by atoms with Crippen molar-refractivity contribution in [2.45, 2.75) is 25.3 Å². The van der Waals surface area contributed by atoms with E-state index in [1.807, 2.05) is 0 Å². The third-order valence-corrected chi connectivity index (χ3v) is 3.33. The van der Waals surface area contributed by atoms with Crippen LogP contribution in [-0.4, -0.2) is 23.6 Å². The van der Waals surface area contributed by atoms with Crippen LogP contribution in [0.2, 0.25) is 10.0 Å². The minimum absolute atomic E-state index is 0.0700. The molecule has 0 radical (unpaired) electrons. The standard InChI is InChI=1S/C11H15Cl2N3/c1-2-3-11(14)6-16(7-11)10-9(13)4-8(12)5-15-10/h4-5H,2-3,6-7,14H2,1H3. The topological polar surface area (TPSA) is 42.1 Å². The van der Waals surface area contributed by atoms with Crippen molar-refractivity contribution in [2.75, 3.05) is 18.0 Å². The predicted octanol–water partition coefficient (Wildman–Crippen LogP) is 2.71. The maximum absolute atomic E-state index is 6.18. The number of rotatable bonds is 3. The van der Waals surface area contributed by atoms with Crippen molar-refractivity contribution in [1.82, 2.24) is 4.98 Å². The van der Waals surface area contributed by atoms with Crippen LogP contribution in [0.1, 0.15) is 19.8 Å². The second kappa shape index (κ2) is 4.40. The Morgan fingerprint density at radius 1 is 1.50 bits per heavy atom. The van der Waals surface area contributed by atoms with E-state index < -0.39 is 0 Å². The minimum Gasteiger partial charge on any atom is -0.352 e. The highest BCUT2D eigenvalue weighted by atomic mass is 35.5. The summed E-state index contributed by atoms with van der Waals surface area (Å²) in [6.07, 6.45) is 3.75. The molecule has 0 spiro atoms. The van der Waals surface area contributed by atoms with Crippen LogP contribution < -0.4 is 10.6 Å². The van der Waals surface area contributed by atoms with Gasteiger partial charge in [0.25, 0.3) is 0 Å². The molecular weight excluding hydrogens is 245 g/mol. The largest absolute Gasteiger partial charge is 0.352 e. The lowest BCUT2D eigenvalue weighted by Crippen LogP contribution is -2.67. The van der Waals surface area contributed by atoms with Crippen molar-refractivity contribution >= 4 is 29.0 Å². The minimum atomic E-state index is -0.0700. The van der Waals surface area contributed by atoms with Gasteiger partial charge in [-0.05, 0) is 12.5 Å². The van der Waals surface area contributed by atoms with Crippen molar-refractivity contribution < 1.29 is 0 Å². The van der Waals surface area contributed by atoms with E-state index in [0.717, 1.165) is 31.7 Å². The Hall–Kier alpha value is -0.510. The zero-order valence-electron chi connectivity index (χ0n) is 9.21. The van der Waals surface area contributed by atoms with Crippen molar-refractivity contribution in [3.8, 4) is 0 Å². The van der Waals surface area contributed by atoms with Crippen LogP contribution in [0.25, 0.3) is 0 Å². The third-order valence-electron chi connectivity index (χ3n) is 2.85. The van der Waals surface area contributed by atoms with Crippen LogP contribution in [0, 0.1) is 0 Å². The molecule has 2 N–H and O–H groups in total. The summed E-state index contributed by atoms with van der Waals surface area (Å²) in [7, 11) is 0. The average molecular weight is 260 g/mol. The first-order chi connectivity index (χ1) is 7.54. The summed E-state index contributed by atoms with van der Waals surface area (Å²) in [5.74, 6) is 0.781. The van der Waals surface area contributed by atoms with Gasteiger partial charge in [0.05, 0.1) is 15.6 Å². The van der Waals surface area contributed by atoms with Crippen molar-refractivity contribution in [1.29, 1.82) is 0 Å². The summed E-state index contributed by atoms with van der Waals surface area (Å²) in [6.45, 7) is 3.77. The Kier molecular flexibility index (Phi) is 3.29. The Balaban J connectivity index is 2.06. The summed E-state index contributed by atoms with van der Waals surface area (Å²) in [6, 6.07) is 1.71. The molecule has 0 amide bonds. The molecule has 1 aromatic heterocycles. The highest BCUT2D eigenvalue weighted by Crippen LogP contribution is 2.33. The Morgan fingerprint density at radius 3 is 2.75 bits per heavy atom. The zero-order chi connectivity index (χ0) is 11.8. The van der Waals surface area contributed by atoms with Crippen LogP contribution in [-0.2, 0) is 0 Å². The summed E-state index contributed by atoms with van der Waals surface area (Å²) in [5, 5.41) is 1.15. The summed E-state index contributed by atoms with van der Waals surface area (Å²) in [5.41, 5.74) is 6.11. The SMILES string of the molecule is CCCC1(N)CN(c2ncc(Cl)cc2Cl)C1. The third kappa shape index (κ3) is 2.26. The first-order valence-electron chi connectivity index (χ1n) is 5.39. The lowest BCUT2D eigenvalue weighted by Gasteiger charge is -2.48. The zero-order valence-corrected chi connectivity index (χ0v) is 10.7. The molecule has 1 saturated heterocycles. The van der Waals surface area contributed by atoms with Crippen LogP contribution >= 0.6 is 23.2 Å². The van der Waals surface area contributed by atoms with Crippen molar-refractivity contribution in [2.24, 2.45) is 5.73 Å². The molecule has 16 heavy (non-hydrogen) atoms. The molecule has 0 atom stereocenters. The molecule has 1 aromatic rings. The van der Waals surface area contributed by atoms with Gasteiger partial charge in [0.15, 0.2) is 0 Å². The lowest BCUT2D eigenvalue weighted by atomic mass is 9.86. The second-order valence-electron chi connectivity index (χ2n) is 4.43. The Labute approximate surface area is 106 Å². The summed E-state index contributed by atoms with van der Waals surface area (Å²) in [4.78, 5) is 6.32. The fourth-order valence-electron chi connectivity index (χ4n) is 2.16. The van der Waals surface area contributed by atoms with Crippen LogP contribution in [0.3, 0.4) is 0 Å². The molecule has 5 heteroatoms. The number of halogens is 2. The summed E-state index contributed by atoms with van der Waals surface area (Å²) < 4.78 is 0. The number of aromatic nitrogens is 1. The fourth-order valence-corrected chi connectivity index (χ4v) is 2.66. The van der Waals surface area contributed by atoms with Gasteiger partial charge in [0, 0.05) is 19.3 Å². The van der Waals surface area contributed by atoms with Gasteiger partial charge in [0.1, 0.15) is 5.82 Å². The first kappa shape index (κ1) is 12.0. The van der Waals surface area contributed by atoms with Crippen LogP contribution in [0.4, 0.5) is 5.82 Å². The Bertz CT molecular complexity index is 389. The maximum Gasteiger partial charge on any atom is 0.147 e. The molecule has 1 aliphatic rings. The first-order valence-corrected chi connectivity index (χ1v) is 6.14. The highest BCUT2D eigenvalue weighted by Gasteiger charge is 2.39. The number of hydrogen-bond acceptors (Lipinski definition) is 3. The number of pyridine rings is 1. The predicted molar refractivity (Wildman–Crippen MR) is 68.3 cm³/mol. The molecule has 0 bridgehead atoms. The normalized spacial score (nSPS) is 18.4. The van der Waals surface area contributed by atoms with Gasteiger partial charge in [-0.25, -0.2) is 4.98 Å². The average Bonchev–Trinajstić information content (AvgIpc) is 2.14. The molecule has 1 fully saturated rings. The quantitative estimate of drug-likeness (QED) is 0.908. The molecule has 0 aliphatic carbocycles. The van der Waals surface area contributed by atoms with Crippen LogP contribution in [0.5, 0.6) is 0 Å². The smallest absolute Gasteiger partial charge is 0.147 e. The van der Waals surface area contributed by atoms with Gasteiger partial charge in [-0.1, -0.05) is 36.5 Å². The molecule has 2 heterocycles. The van der Waals surface area contributed by atoms with E-state index in [2.05, 4.69) is 16.8 Å². The number of nitrogens with two attached hydrogens (primary N) is 1. The van der Waals surface area contributed by atoms with Gasteiger partial charge < -0.3 is 10.6 Å². The lowest BCUT2D eigenvalue weighted by molar-refractivity contribution is 0.306. The van der Waals surface area contributed by atoms with E-state index in [9.17, 15) is 0 Å². The number of anilines is 1. The van der Waals surface area contributed by atoms with Gasteiger partial charge in [-0.15, -0.1) is 0 Å². The number of hydrogen-bond donors (Lipinski definition) is 1. The fraction of sp³-hybridized carbons (Fsp3) is 0.545. The maximum atomic E-state index is 6.18. The van der Waals surface area contributed by atoms with Gasteiger partial charge in [0.2, 0.25) is 0 Å². The van der Waals surface area contributed by atoms with E-state index in [0.29, 0.717) is 10.0 Å². The highest BCUT2D eigenvalue weighted by molar-refractivity contribution is 6.36.